The number of nitrogens with two attached hydrogens (primary N) is 1. The minimum absolute atomic E-state index is 0.852. The summed E-state index contributed by atoms with van der Waals surface area (Å²) in [5.74, 6) is 0. The summed E-state index contributed by atoms with van der Waals surface area (Å²) in [5.41, 5.74) is 8.06. The zero-order valence-electron chi connectivity index (χ0n) is 10.4. The van der Waals surface area contributed by atoms with E-state index >= 15 is 0 Å². The molecule has 2 N–H and O–H groups in total. The van der Waals surface area contributed by atoms with Gasteiger partial charge in [0.15, 0.2) is 0 Å². The van der Waals surface area contributed by atoms with Crippen LogP contribution >= 0.6 is 11.3 Å². The second-order valence-electron chi connectivity index (χ2n) is 4.45. The van der Waals surface area contributed by atoms with Gasteiger partial charge in [-0.3, -0.25) is 0 Å². The number of aromatic nitrogens is 1. The van der Waals surface area contributed by atoms with Crippen molar-refractivity contribution >= 4 is 27.9 Å². The van der Waals surface area contributed by atoms with Crippen LogP contribution in [0.25, 0.3) is 10.9 Å². The smallest absolute Gasteiger partial charge is 0.0717 e. The molecule has 1 aromatic carbocycles. The molecule has 18 heavy (non-hydrogen) atoms. The number of rotatable bonds is 3. The van der Waals surface area contributed by atoms with Gasteiger partial charge in [-0.1, -0.05) is 19.1 Å². The lowest BCUT2D eigenvalue weighted by atomic mass is 10.2. The van der Waals surface area contributed by atoms with Crippen LogP contribution in [0.1, 0.15) is 16.7 Å². The number of nitrogens with zero attached hydrogens (tertiary/aromatic N) is 1. The predicted molar refractivity (Wildman–Crippen MR) is 79.1 cm³/mol. The molecule has 2 aromatic heterocycles. The Morgan fingerprint density at radius 2 is 1.94 bits per heavy atom. The zero-order chi connectivity index (χ0) is 12.5. The van der Waals surface area contributed by atoms with Gasteiger partial charge in [0, 0.05) is 21.3 Å². The van der Waals surface area contributed by atoms with Gasteiger partial charge in [0.2, 0.25) is 0 Å². The Morgan fingerprint density at radius 1 is 1.11 bits per heavy atom. The minimum atomic E-state index is 0.852. The third-order valence-corrected chi connectivity index (χ3v) is 4.43. The standard InChI is InChI=1S/C15H16N2S/c1-2-12-6-7-13(18-12)10-17-9-8-11-4-3-5-14(16)15(11)17/h3-9H,2,10,16H2,1H3. The Hall–Kier alpha value is -1.74. The summed E-state index contributed by atoms with van der Waals surface area (Å²) in [5, 5.41) is 1.21. The van der Waals surface area contributed by atoms with Crippen molar-refractivity contribution in [2.24, 2.45) is 0 Å². The van der Waals surface area contributed by atoms with Crippen molar-refractivity contribution in [3.05, 3.63) is 52.3 Å². The molecule has 0 fully saturated rings. The number of anilines is 1. The van der Waals surface area contributed by atoms with Gasteiger partial charge in [0.25, 0.3) is 0 Å². The molecule has 3 heteroatoms. The maximum Gasteiger partial charge on any atom is 0.0717 e. The van der Waals surface area contributed by atoms with Gasteiger partial charge in [0.05, 0.1) is 17.7 Å². The first-order chi connectivity index (χ1) is 8.78. The quantitative estimate of drug-likeness (QED) is 0.708. The van der Waals surface area contributed by atoms with Crippen LogP contribution in [0, 0.1) is 0 Å². The van der Waals surface area contributed by atoms with E-state index in [9.17, 15) is 0 Å². The van der Waals surface area contributed by atoms with Crippen molar-refractivity contribution < 1.29 is 0 Å². The van der Waals surface area contributed by atoms with Crippen LogP contribution in [0.15, 0.2) is 42.6 Å². The fourth-order valence-electron chi connectivity index (χ4n) is 2.29. The molecule has 0 aliphatic carbocycles. The first-order valence-corrected chi connectivity index (χ1v) is 7.00. The van der Waals surface area contributed by atoms with E-state index in [-0.39, 0.29) is 0 Å². The van der Waals surface area contributed by atoms with E-state index < -0.39 is 0 Å². The van der Waals surface area contributed by atoms with Crippen LogP contribution in [0.4, 0.5) is 5.69 Å². The second-order valence-corrected chi connectivity index (χ2v) is 5.70. The molecule has 0 amide bonds. The Kier molecular flexibility index (Phi) is 2.84. The highest BCUT2D eigenvalue weighted by atomic mass is 32.1. The Labute approximate surface area is 111 Å². The van der Waals surface area contributed by atoms with E-state index in [1.165, 1.54) is 15.1 Å². The number of fused-ring (bicyclic) bond motifs is 1. The summed E-state index contributed by atoms with van der Waals surface area (Å²) in [4.78, 5) is 2.82. The summed E-state index contributed by atoms with van der Waals surface area (Å²) in [6.07, 6.45) is 3.23. The Balaban J connectivity index is 1.99. The lowest BCUT2D eigenvalue weighted by molar-refractivity contribution is 0.852. The van der Waals surface area contributed by atoms with Gasteiger partial charge < -0.3 is 10.3 Å². The van der Waals surface area contributed by atoms with Crippen molar-refractivity contribution in [2.45, 2.75) is 19.9 Å². The molecule has 0 aliphatic rings. The molecule has 0 aliphatic heterocycles. The fourth-order valence-corrected chi connectivity index (χ4v) is 3.24. The fraction of sp³-hybridized carbons (Fsp3) is 0.200. The lowest BCUT2D eigenvalue weighted by Crippen LogP contribution is -1.98. The second kappa shape index (κ2) is 4.50. The van der Waals surface area contributed by atoms with Gasteiger partial charge >= 0.3 is 0 Å². The molecular formula is C15H16N2S. The van der Waals surface area contributed by atoms with Gasteiger partial charge in [0.1, 0.15) is 0 Å². The zero-order valence-corrected chi connectivity index (χ0v) is 11.2. The highest BCUT2D eigenvalue weighted by Gasteiger charge is 2.06. The number of benzene rings is 1. The van der Waals surface area contributed by atoms with Crippen LogP contribution in [0.5, 0.6) is 0 Å². The molecule has 0 bridgehead atoms. The molecule has 0 radical (unpaired) electrons. The molecule has 92 valence electrons. The minimum Gasteiger partial charge on any atom is -0.397 e. The lowest BCUT2D eigenvalue weighted by Gasteiger charge is -2.05. The highest BCUT2D eigenvalue weighted by molar-refractivity contribution is 7.11. The van der Waals surface area contributed by atoms with E-state index in [1.807, 2.05) is 23.5 Å². The monoisotopic (exact) mass is 256 g/mol. The SMILES string of the molecule is CCc1ccc(Cn2ccc3cccc(N)c32)s1. The molecule has 0 saturated carbocycles. The highest BCUT2D eigenvalue weighted by Crippen LogP contribution is 2.25. The maximum absolute atomic E-state index is 6.07. The summed E-state index contributed by atoms with van der Waals surface area (Å²) in [6, 6.07) is 12.6. The van der Waals surface area contributed by atoms with E-state index in [1.54, 1.807) is 0 Å². The molecule has 3 rings (SSSR count). The van der Waals surface area contributed by atoms with E-state index in [2.05, 4.69) is 42.0 Å². The summed E-state index contributed by atoms with van der Waals surface area (Å²) in [6.45, 7) is 3.10. The number of hydrogen-bond donors (Lipinski definition) is 1. The molecule has 0 atom stereocenters. The summed E-state index contributed by atoms with van der Waals surface area (Å²) in [7, 11) is 0. The molecule has 0 saturated heterocycles. The molecular weight excluding hydrogens is 240 g/mol. The average Bonchev–Trinajstić information content (AvgIpc) is 2.98. The van der Waals surface area contributed by atoms with E-state index in [4.69, 9.17) is 5.73 Å². The van der Waals surface area contributed by atoms with Crippen molar-refractivity contribution in [3.63, 3.8) is 0 Å². The molecule has 0 spiro atoms. The van der Waals surface area contributed by atoms with Crippen LogP contribution in [0.2, 0.25) is 0 Å². The van der Waals surface area contributed by atoms with Crippen LogP contribution in [-0.4, -0.2) is 4.57 Å². The number of thiophene rings is 1. The van der Waals surface area contributed by atoms with Gasteiger partial charge in [-0.15, -0.1) is 11.3 Å². The van der Waals surface area contributed by atoms with Crippen molar-refractivity contribution in [1.29, 1.82) is 0 Å². The number of nitrogen functional groups attached to an aromatic ring is 1. The molecule has 3 aromatic rings. The van der Waals surface area contributed by atoms with Gasteiger partial charge in [-0.2, -0.15) is 0 Å². The van der Waals surface area contributed by atoms with Crippen LogP contribution < -0.4 is 5.73 Å². The van der Waals surface area contributed by atoms with Crippen LogP contribution in [0.3, 0.4) is 0 Å². The van der Waals surface area contributed by atoms with E-state index in [0.717, 1.165) is 24.2 Å². The number of hydrogen-bond acceptors (Lipinski definition) is 2. The van der Waals surface area contributed by atoms with Crippen molar-refractivity contribution in [2.75, 3.05) is 5.73 Å². The molecule has 2 heterocycles. The molecule has 2 nitrogen and oxygen atoms in total. The van der Waals surface area contributed by atoms with Crippen molar-refractivity contribution in [1.82, 2.24) is 4.57 Å². The summed E-state index contributed by atoms with van der Waals surface area (Å²) >= 11 is 1.88. The van der Waals surface area contributed by atoms with Crippen molar-refractivity contribution in [3.8, 4) is 0 Å². The van der Waals surface area contributed by atoms with Gasteiger partial charge in [-0.05, 0) is 30.7 Å². The Morgan fingerprint density at radius 3 is 2.72 bits per heavy atom. The number of aryl methyl sites for hydroxylation is 1. The number of para-hydroxylation sites is 1. The largest absolute Gasteiger partial charge is 0.397 e. The first kappa shape index (κ1) is 11.4. The maximum atomic E-state index is 6.07. The molecule has 0 unspecified atom stereocenters. The first-order valence-electron chi connectivity index (χ1n) is 6.19. The van der Waals surface area contributed by atoms with Gasteiger partial charge in [-0.25, -0.2) is 0 Å². The predicted octanol–water partition coefficient (Wildman–Crippen LogP) is 3.90. The average molecular weight is 256 g/mol. The third-order valence-electron chi connectivity index (χ3n) is 3.21. The normalized spacial score (nSPS) is 11.2. The van der Waals surface area contributed by atoms with E-state index in [0.29, 0.717) is 0 Å². The Bertz CT molecular complexity index is 679. The topological polar surface area (TPSA) is 30.9 Å². The summed E-state index contributed by atoms with van der Waals surface area (Å²) < 4.78 is 2.23. The third kappa shape index (κ3) is 1.91. The van der Waals surface area contributed by atoms with Crippen LogP contribution in [-0.2, 0) is 13.0 Å².